The largest absolute Gasteiger partial charge is 0.496 e. The van der Waals surface area contributed by atoms with Crippen molar-refractivity contribution in [3.8, 4) is 5.75 Å². The van der Waals surface area contributed by atoms with E-state index in [-0.39, 0.29) is 5.54 Å². The van der Waals surface area contributed by atoms with Gasteiger partial charge < -0.3 is 10.5 Å². The molecule has 0 spiro atoms. The summed E-state index contributed by atoms with van der Waals surface area (Å²) in [6.45, 7) is 10.0. The van der Waals surface area contributed by atoms with E-state index in [1.54, 1.807) is 7.11 Å². The molecule has 1 aromatic carbocycles. The van der Waals surface area contributed by atoms with Crippen LogP contribution in [0.3, 0.4) is 0 Å². The van der Waals surface area contributed by atoms with Crippen LogP contribution in [0.2, 0.25) is 0 Å². The van der Waals surface area contributed by atoms with Gasteiger partial charge in [0.25, 0.3) is 0 Å². The SMILES string of the molecule is COc1c(C)cc(CN(C)C(C)(C)CN)cc1C. The second-order valence-electron chi connectivity index (χ2n) is 5.64. The molecule has 0 aromatic heterocycles. The number of likely N-dealkylation sites (N-methyl/N-ethyl adjacent to an activating group) is 1. The summed E-state index contributed by atoms with van der Waals surface area (Å²) in [7, 11) is 3.83. The quantitative estimate of drug-likeness (QED) is 0.872. The van der Waals surface area contributed by atoms with E-state index in [0.29, 0.717) is 6.54 Å². The zero-order valence-electron chi connectivity index (χ0n) is 12.5. The molecule has 0 bridgehead atoms. The fourth-order valence-electron chi connectivity index (χ4n) is 2.10. The topological polar surface area (TPSA) is 38.5 Å². The lowest BCUT2D eigenvalue weighted by Gasteiger charge is -2.34. The van der Waals surface area contributed by atoms with Crippen molar-refractivity contribution >= 4 is 0 Å². The molecule has 0 saturated carbocycles. The van der Waals surface area contributed by atoms with Crippen LogP contribution >= 0.6 is 0 Å². The van der Waals surface area contributed by atoms with Gasteiger partial charge in [0, 0.05) is 18.6 Å². The summed E-state index contributed by atoms with van der Waals surface area (Å²) < 4.78 is 5.39. The van der Waals surface area contributed by atoms with Gasteiger partial charge in [-0.1, -0.05) is 12.1 Å². The molecule has 0 fully saturated rings. The molecule has 0 atom stereocenters. The van der Waals surface area contributed by atoms with Crippen LogP contribution in [0.5, 0.6) is 5.75 Å². The van der Waals surface area contributed by atoms with Gasteiger partial charge in [0.1, 0.15) is 5.75 Å². The number of rotatable bonds is 5. The molecule has 0 amide bonds. The van der Waals surface area contributed by atoms with Crippen LogP contribution in [0.25, 0.3) is 0 Å². The molecule has 18 heavy (non-hydrogen) atoms. The first-order chi connectivity index (χ1) is 8.31. The molecule has 102 valence electrons. The Morgan fingerprint density at radius 1 is 1.22 bits per heavy atom. The normalized spacial score (nSPS) is 12.0. The minimum atomic E-state index is 0.0156. The van der Waals surface area contributed by atoms with E-state index in [4.69, 9.17) is 10.5 Å². The first kappa shape index (κ1) is 15.0. The van der Waals surface area contributed by atoms with E-state index in [2.05, 4.69) is 51.8 Å². The third-order valence-corrected chi connectivity index (χ3v) is 3.68. The molecule has 1 rings (SSSR count). The predicted molar refractivity (Wildman–Crippen MR) is 77.1 cm³/mol. The van der Waals surface area contributed by atoms with Crippen LogP contribution in [-0.4, -0.2) is 31.1 Å². The van der Waals surface area contributed by atoms with Crippen molar-refractivity contribution in [2.75, 3.05) is 20.7 Å². The first-order valence-corrected chi connectivity index (χ1v) is 6.37. The van der Waals surface area contributed by atoms with E-state index in [9.17, 15) is 0 Å². The molecule has 1 aromatic rings. The summed E-state index contributed by atoms with van der Waals surface area (Å²) in [5.41, 5.74) is 9.49. The third-order valence-electron chi connectivity index (χ3n) is 3.68. The lowest BCUT2D eigenvalue weighted by molar-refractivity contribution is 0.155. The minimum Gasteiger partial charge on any atom is -0.496 e. The number of hydrogen-bond acceptors (Lipinski definition) is 3. The Hall–Kier alpha value is -1.06. The van der Waals surface area contributed by atoms with Crippen LogP contribution in [0.4, 0.5) is 0 Å². The van der Waals surface area contributed by atoms with Crippen LogP contribution in [0.1, 0.15) is 30.5 Å². The molecule has 3 heteroatoms. The Labute approximate surface area is 111 Å². The minimum absolute atomic E-state index is 0.0156. The van der Waals surface area contributed by atoms with Crippen molar-refractivity contribution in [2.45, 2.75) is 39.8 Å². The average molecular weight is 250 g/mol. The van der Waals surface area contributed by atoms with Gasteiger partial charge in [-0.25, -0.2) is 0 Å². The molecule has 0 aliphatic rings. The molecular weight excluding hydrogens is 224 g/mol. The van der Waals surface area contributed by atoms with Gasteiger partial charge in [-0.15, -0.1) is 0 Å². The Morgan fingerprint density at radius 2 is 1.72 bits per heavy atom. The highest BCUT2D eigenvalue weighted by Gasteiger charge is 2.21. The van der Waals surface area contributed by atoms with Gasteiger partial charge >= 0.3 is 0 Å². The first-order valence-electron chi connectivity index (χ1n) is 6.37. The molecule has 0 saturated heterocycles. The number of methoxy groups -OCH3 is 1. The summed E-state index contributed by atoms with van der Waals surface area (Å²) in [6.07, 6.45) is 0. The van der Waals surface area contributed by atoms with Crippen molar-refractivity contribution in [1.29, 1.82) is 0 Å². The van der Waals surface area contributed by atoms with Gasteiger partial charge in [0.15, 0.2) is 0 Å². The van der Waals surface area contributed by atoms with Crippen molar-refractivity contribution in [3.05, 3.63) is 28.8 Å². The van der Waals surface area contributed by atoms with Gasteiger partial charge in [0.05, 0.1) is 7.11 Å². The Morgan fingerprint density at radius 3 is 2.11 bits per heavy atom. The maximum atomic E-state index is 5.80. The van der Waals surface area contributed by atoms with E-state index in [0.717, 1.165) is 12.3 Å². The molecular formula is C15H26N2O. The standard InChI is InChI=1S/C15H26N2O/c1-11-7-13(8-12(2)14(11)18-6)9-17(5)15(3,4)10-16/h7-8H,9-10,16H2,1-6H3. The van der Waals surface area contributed by atoms with Gasteiger partial charge in [0.2, 0.25) is 0 Å². The van der Waals surface area contributed by atoms with E-state index in [1.165, 1.54) is 16.7 Å². The maximum absolute atomic E-state index is 5.80. The fraction of sp³-hybridized carbons (Fsp3) is 0.600. The van der Waals surface area contributed by atoms with Crippen molar-refractivity contribution in [2.24, 2.45) is 5.73 Å². The number of ether oxygens (including phenoxy) is 1. The second-order valence-corrected chi connectivity index (χ2v) is 5.64. The fourth-order valence-corrected chi connectivity index (χ4v) is 2.10. The summed E-state index contributed by atoms with van der Waals surface area (Å²) in [5.74, 6) is 0.986. The molecule has 0 heterocycles. The molecule has 0 aliphatic heterocycles. The summed E-state index contributed by atoms with van der Waals surface area (Å²) in [5, 5.41) is 0. The Balaban J connectivity index is 2.93. The second kappa shape index (κ2) is 5.72. The zero-order chi connectivity index (χ0) is 13.9. The van der Waals surface area contributed by atoms with E-state index < -0.39 is 0 Å². The number of hydrogen-bond donors (Lipinski definition) is 1. The van der Waals surface area contributed by atoms with Crippen molar-refractivity contribution in [1.82, 2.24) is 4.90 Å². The van der Waals surface area contributed by atoms with E-state index >= 15 is 0 Å². The lowest BCUT2D eigenvalue weighted by Crippen LogP contribution is -2.46. The van der Waals surface area contributed by atoms with Gasteiger partial charge in [-0.2, -0.15) is 0 Å². The highest BCUT2D eigenvalue weighted by Crippen LogP contribution is 2.25. The molecule has 2 N–H and O–H groups in total. The van der Waals surface area contributed by atoms with Crippen LogP contribution in [0, 0.1) is 13.8 Å². The summed E-state index contributed by atoms with van der Waals surface area (Å²) in [6, 6.07) is 4.38. The van der Waals surface area contributed by atoms with Crippen molar-refractivity contribution < 1.29 is 4.74 Å². The number of aryl methyl sites for hydroxylation is 2. The Kier molecular flexibility index (Phi) is 4.77. The van der Waals surface area contributed by atoms with Crippen LogP contribution in [0.15, 0.2) is 12.1 Å². The average Bonchev–Trinajstić information content (AvgIpc) is 2.28. The number of nitrogens with zero attached hydrogens (tertiary/aromatic N) is 1. The monoisotopic (exact) mass is 250 g/mol. The van der Waals surface area contributed by atoms with Crippen LogP contribution in [-0.2, 0) is 6.54 Å². The third kappa shape index (κ3) is 3.24. The molecule has 0 aliphatic carbocycles. The van der Waals surface area contributed by atoms with Gasteiger partial charge in [-0.05, 0) is 51.4 Å². The van der Waals surface area contributed by atoms with Gasteiger partial charge in [-0.3, -0.25) is 4.90 Å². The zero-order valence-corrected chi connectivity index (χ0v) is 12.5. The lowest BCUT2D eigenvalue weighted by atomic mass is 10.0. The van der Waals surface area contributed by atoms with E-state index in [1.807, 2.05) is 0 Å². The number of nitrogens with two attached hydrogens (primary N) is 1. The predicted octanol–water partition coefficient (Wildman–Crippen LogP) is 2.48. The smallest absolute Gasteiger partial charge is 0.124 e. The summed E-state index contributed by atoms with van der Waals surface area (Å²) >= 11 is 0. The summed E-state index contributed by atoms with van der Waals surface area (Å²) in [4.78, 5) is 2.29. The highest BCUT2D eigenvalue weighted by molar-refractivity contribution is 5.43. The molecule has 0 unspecified atom stereocenters. The Bertz CT molecular complexity index is 390. The highest BCUT2D eigenvalue weighted by atomic mass is 16.5. The maximum Gasteiger partial charge on any atom is 0.124 e. The molecule has 0 radical (unpaired) electrons. The van der Waals surface area contributed by atoms with Crippen molar-refractivity contribution in [3.63, 3.8) is 0 Å². The number of benzene rings is 1. The molecule has 3 nitrogen and oxygen atoms in total. The van der Waals surface area contributed by atoms with Crippen LogP contribution < -0.4 is 10.5 Å².